The van der Waals surface area contributed by atoms with Gasteiger partial charge < -0.3 is 5.73 Å². The van der Waals surface area contributed by atoms with Crippen molar-refractivity contribution in [1.29, 1.82) is 0 Å². The summed E-state index contributed by atoms with van der Waals surface area (Å²) < 4.78 is 0. The normalized spacial score (nSPS) is 10.9. The zero-order valence-corrected chi connectivity index (χ0v) is 11.7. The van der Waals surface area contributed by atoms with Gasteiger partial charge in [-0.1, -0.05) is 54.1 Å². The van der Waals surface area contributed by atoms with E-state index in [1.807, 2.05) is 18.2 Å². The van der Waals surface area contributed by atoms with Crippen molar-refractivity contribution in [2.75, 3.05) is 13.1 Å². The first-order chi connectivity index (χ1) is 9.28. The highest BCUT2D eigenvalue weighted by atomic mass is 35.5. The first-order valence-electron chi connectivity index (χ1n) is 6.49. The van der Waals surface area contributed by atoms with Crippen LogP contribution in [0.1, 0.15) is 11.1 Å². The van der Waals surface area contributed by atoms with Gasteiger partial charge in [-0.15, -0.1) is 0 Å². The fourth-order valence-electron chi connectivity index (χ4n) is 2.09. The highest BCUT2D eigenvalue weighted by molar-refractivity contribution is 6.30. The maximum atomic E-state index is 5.91. The Morgan fingerprint density at radius 2 is 1.42 bits per heavy atom. The molecule has 0 spiro atoms. The average molecular weight is 275 g/mol. The zero-order chi connectivity index (χ0) is 13.5. The molecule has 0 saturated heterocycles. The van der Waals surface area contributed by atoms with E-state index in [4.69, 9.17) is 17.3 Å². The minimum atomic E-state index is 0.667. The van der Waals surface area contributed by atoms with Crippen molar-refractivity contribution in [3.63, 3.8) is 0 Å². The average Bonchev–Trinajstić information content (AvgIpc) is 2.43. The molecule has 2 aromatic rings. The highest BCUT2D eigenvalue weighted by Crippen LogP contribution is 2.13. The Balaban J connectivity index is 2.01. The molecular weight excluding hydrogens is 256 g/mol. The summed E-state index contributed by atoms with van der Waals surface area (Å²) in [4.78, 5) is 2.35. The van der Waals surface area contributed by atoms with Crippen molar-refractivity contribution in [2.24, 2.45) is 5.73 Å². The van der Waals surface area contributed by atoms with Gasteiger partial charge in [0.05, 0.1) is 0 Å². The van der Waals surface area contributed by atoms with Crippen molar-refractivity contribution in [3.8, 4) is 0 Å². The van der Waals surface area contributed by atoms with Gasteiger partial charge >= 0.3 is 0 Å². The van der Waals surface area contributed by atoms with Crippen LogP contribution in [0.5, 0.6) is 0 Å². The molecular formula is C16H19ClN2. The van der Waals surface area contributed by atoms with Crippen LogP contribution in [-0.4, -0.2) is 18.0 Å². The summed E-state index contributed by atoms with van der Waals surface area (Å²) in [5.41, 5.74) is 8.27. The summed E-state index contributed by atoms with van der Waals surface area (Å²) in [6, 6.07) is 18.5. The zero-order valence-electron chi connectivity index (χ0n) is 10.9. The summed E-state index contributed by atoms with van der Waals surface area (Å²) >= 11 is 5.91. The van der Waals surface area contributed by atoms with E-state index in [0.717, 1.165) is 24.7 Å². The number of rotatable bonds is 6. The van der Waals surface area contributed by atoms with E-state index in [9.17, 15) is 0 Å². The monoisotopic (exact) mass is 274 g/mol. The second kappa shape index (κ2) is 7.29. The van der Waals surface area contributed by atoms with Gasteiger partial charge in [0.1, 0.15) is 0 Å². The van der Waals surface area contributed by atoms with Gasteiger partial charge in [0.2, 0.25) is 0 Å². The third-order valence-corrected chi connectivity index (χ3v) is 3.27. The minimum Gasteiger partial charge on any atom is -0.329 e. The van der Waals surface area contributed by atoms with Crippen molar-refractivity contribution in [1.82, 2.24) is 4.90 Å². The topological polar surface area (TPSA) is 29.3 Å². The Hall–Kier alpha value is -1.35. The Morgan fingerprint density at radius 3 is 2.00 bits per heavy atom. The number of halogens is 1. The van der Waals surface area contributed by atoms with Gasteiger partial charge in [-0.2, -0.15) is 0 Å². The molecule has 0 saturated carbocycles. The number of benzene rings is 2. The fourth-order valence-corrected chi connectivity index (χ4v) is 2.21. The molecule has 2 aromatic carbocycles. The third kappa shape index (κ3) is 4.67. The first-order valence-corrected chi connectivity index (χ1v) is 6.86. The fraction of sp³-hybridized carbons (Fsp3) is 0.250. The van der Waals surface area contributed by atoms with Crippen LogP contribution in [0.25, 0.3) is 0 Å². The summed E-state index contributed by atoms with van der Waals surface area (Å²) in [5.74, 6) is 0. The van der Waals surface area contributed by atoms with Crippen LogP contribution in [0.3, 0.4) is 0 Å². The molecule has 19 heavy (non-hydrogen) atoms. The van der Waals surface area contributed by atoms with E-state index < -0.39 is 0 Å². The van der Waals surface area contributed by atoms with E-state index in [1.165, 1.54) is 11.1 Å². The lowest BCUT2D eigenvalue weighted by Crippen LogP contribution is -2.28. The summed E-state index contributed by atoms with van der Waals surface area (Å²) in [7, 11) is 0. The summed E-state index contributed by atoms with van der Waals surface area (Å²) in [5, 5.41) is 0.775. The lowest BCUT2D eigenvalue weighted by Gasteiger charge is -2.21. The maximum Gasteiger partial charge on any atom is 0.0406 e. The lowest BCUT2D eigenvalue weighted by molar-refractivity contribution is 0.264. The molecule has 0 aliphatic heterocycles. The van der Waals surface area contributed by atoms with Gasteiger partial charge in [0, 0.05) is 31.2 Å². The maximum absolute atomic E-state index is 5.91. The molecule has 0 bridgehead atoms. The molecule has 0 heterocycles. The quantitative estimate of drug-likeness (QED) is 0.876. The molecule has 3 heteroatoms. The number of hydrogen-bond donors (Lipinski definition) is 1. The van der Waals surface area contributed by atoms with E-state index >= 15 is 0 Å². The Morgan fingerprint density at radius 1 is 0.842 bits per heavy atom. The molecule has 0 unspecified atom stereocenters. The minimum absolute atomic E-state index is 0.667. The van der Waals surface area contributed by atoms with Crippen molar-refractivity contribution >= 4 is 11.6 Å². The van der Waals surface area contributed by atoms with Gasteiger partial charge in [-0.05, 0) is 23.3 Å². The third-order valence-electron chi connectivity index (χ3n) is 3.01. The molecule has 2 nitrogen and oxygen atoms in total. The molecule has 0 radical (unpaired) electrons. The Labute approximate surface area is 119 Å². The van der Waals surface area contributed by atoms with E-state index in [1.54, 1.807) is 0 Å². The molecule has 0 amide bonds. The highest BCUT2D eigenvalue weighted by Gasteiger charge is 2.06. The lowest BCUT2D eigenvalue weighted by atomic mass is 10.1. The van der Waals surface area contributed by atoms with Gasteiger partial charge in [-0.25, -0.2) is 0 Å². The number of nitrogens with two attached hydrogens (primary N) is 1. The van der Waals surface area contributed by atoms with Crippen LogP contribution in [0.2, 0.25) is 5.02 Å². The van der Waals surface area contributed by atoms with Crippen LogP contribution in [0.4, 0.5) is 0 Å². The number of hydrogen-bond acceptors (Lipinski definition) is 2. The first kappa shape index (κ1) is 14.1. The molecule has 0 aliphatic rings. The van der Waals surface area contributed by atoms with Crippen LogP contribution in [0, 0.1) is 0 Å². The van der Waals surface area contributed by atoms with E-state index in [-0.39, 0.29) is 0 Å². The second-order valence-electron chi connectivity index (χ2n) is 4.61. The molecule has 2 N–H and O–H groups in total. The largest absolute Gasteiger partial charge is 0.329 e. The van der Waals surface area contributed by atoms with Crippen LogP contribution in [-0.2, 0) is 13.1 Å². The molecule has 0 aromatic heterocycles. The molecule has 0 aliphatic carbocycles. The van der Waals surface area contributed by atoms with E-state index in [2.05, 4.69) is 41.3 Å². The van der Waals surface area contributed by atoms with E-state index in [0.29, 0.717) is 6.54 Å². The van der Waals surface area contributed by atoms with Crippen LogP contribution < -0.4 is 5.73 Å². The molecule has 100 valence electrons. The standard InChI is InChI=1S/C16H19ClN2/c17-16-8-6-15(7-9-16)13-19(11-10-18)12-14-4-2-1-3-5-14/h1-9H,10-13,18H2. The Kier molecular flexibility index (Phi) is 5.40. The van der Waals surface area contributed by atoms with Gasteiger partial charge in [-0.3, -0.25) is 4.90 Å². The predicted molar refractivity (Wildman–Crippen MR) is 81.1 cm³/mol. The Bertz CT molecular complexity index is 482. The van der Waals surface area contributed by atoms with Crippen LogP contribution >= 0.6 is 11.6 Å². The number of nitrogens with zero attached hydrogens (tertiary/aromatic N) is 1. The summed E-state index contributed by atoms with van der Waals surface area (Å²) in [6.45, 7) is 3.36. The molecule has 2 rings (SSSR count). The molecule has 0 fully saturated rings. The van der Waals surface area contributed by atoms with Crippen LogP contribution in [0.15, 0.2) is 54.6 Å². The van der Waals surface area contributed by atoms with Gasteiger partial charge in [0.25, 0.3) is 0 Å². The van der Waals surface area contributed by atoms with Crippen molar-refractivity contribution in [2.45, 2.75) is 13.1 Å². The van der Waals surface area contributed by atoms with Crippen molar-refractivity contribution < 1.29 is 0 Å². The molecule has 0 atom stereocenters. The van der Waals surface area contributed by atoms with Gasteiger partial charge in [0.15, 0.2) is 0 Å². The smallest absolute Gasteiger partial charge is 0.0406 e. The SMILES string of the molecule is NCCN(Cc1ccccc1)Cc1ccc(Cl)cc1. The predicted octanol–water partition coefficient (Wildman–Crippen LogP) is 3.30. The second-order valence-corrected chi connectivity index (χ2v) is 5.05. The summed E-state index contributed by atoms with van der Waals surface area (Å²) in [6.07, 6.45) is 0. The van der Waals surface area contributed by atoms with Crippen molar-refractivity contribution in [3.05, 3.63) is 70.7 Å².